The van der Waals surface area contributed by atoms with Crippen LogP contribution in [0.1, 0.15) is 17.3 Å². The standard InChI is InChI=1S/C11H13ClN2O3/c1-6(13)10(15)14-9-4-3-7(12)5-8(9)11(16)17-2/h3-6H,13H2,1-2H3,(H,14,15)/t6-/m1/s1. The van der Waals surface area contributed by atoms with Gasteiger partial charge in [-0.05, 0) is 25.1 Å². The fourth-order valence-corrected chi connectivity index (χ4v) is 1.32. The number of hydrogen-bond donors (Lipinski definition) is 2. The van der Waals surface area contributed by atoms with Crippen molar-refractivity contribution < 1.29 is 14.3 Å². The zero-order valence-electron chi connectivity index (χ0n) is 9.49. The normalized spacial score (nSPS) is 11.8. The first-order valence-electron chi connectivity index (χ1n) is 4.90. The van der Waals surface area contributed by atoms with Crippen molar-refractivity contribution in [2.45, 2.75) is 13.0 Å². The number of amides is 1. The number of nitrogens with two attached hydrogens (primary N) is 1. The Kier molecular flexibility index (Phi) is 4.48. The monoisotopic (exact) mass is 256 g/mol. The lowest BCUT2D eigenvalue weighted by Crippen LogP contribution is -2.33. The lowest BCUT2D eigenvalue weighted by molar-refractivity contribution is -0.117. The van der Waals surface area contributed by atoms with Crippen LogP contribution in [0.15, 0.2) is 18.2 Å². The van der Waals surface area contributed by atoms with Crippen molar-refractivity contribution in [2.24, 2.45) is 5.73 Å². The van der Waals surface area contributed by atoms with Gasteiger partial charge in [-0.15, -0.1) is 0 Å². The summed E-state index contributed by atoms with van der Waals surface area (Å²) in [7, 11) is 1.25. The molecule has 0 bridgehead atoms. The van der Waals surface area contributed by atoms with Gasteiger partial charge < -0.3 is 15.8 Å². The fourth-order valence-electron chi connectivity index (χ4n) is 1.15. The molecule has 17 heavy (non-hydrogen) atoms. The lowest BCUT2D eigenvalue weighted by atomic mass is 10.1. The summed E-state index contributed by atoms with van der Waals surface area (Å²) < 4.78 is 4.59. The molecule has 0 saturated heterocycles. The number of anilines is 1. The summed E-state index contributed by atoms with van der Waals surface area (Å²) in [6, 6.07) is 3.83. The second kappa shape index (κ2) is 5.65. The highest BCUT2D eigenvalue weighted by Gasteiger charge is 2.16. The zero-order chi connectivity index (χ0) is 13.0. The molecule has 1 aromatic rings. The maximum absolute atomic E-state index is 11.5. The summed E-state index contributed by atoms with van der Waals surface area (Å²) in [6.07, 6.45) is 0. The first-order chi connectivity index (χ1) is 7.95. The van der Waals surface area contributed by atoms with Crippen LogP contribution in [-0.4, -0.2) is 25.0 Å². The summed E-state index contributed by atoms with van der Waals surface area (Å²) in [5.41, 5.74) is 5.93. The molecular formula is C11H13ClN2O3. The summed E-state index contributed by atoms with van der Waals surface area (Å²) in [6.45, 7) is 1.54. The number of halogens is 1. The minimum Gasteiger partial charge on any atom is -0.465 e. The fraction of sp³-hybridized carbons (Fsp3) is 0.273. The molecule has 1 atom stereocenters. The summed E-state index contributed by atoms with van der Waals surface area (Å²) in [5.74, 6) is -0.968. The van der Waals surface area contributed by atoms with Gasteiger partial charge in [-0.2, -0.15) is 0 Å². The molecule has 6 heteroatoms. The van der Waals surface area contributed by atoms with Gasteiger partial charge in [0, 0.05) is 5.02 Å². The van der Waals surface area contributed by atoms with E-state index in [4.69, 9.17) is 17.3 Å². The predicted octanol–water partition coefficient (Wildman–Crippen LogP) is 1.41. The van der Waals surface area contributed by atoms with Crippen LogP contribution in [0.2, 0.25) is 5.02 Å². The molecular weight excluding hydrogens is 244 g/mol. The summed E-state index contributed by atoms with van der Waals surface area (Å²) in [5, 5.41) is 2.91. The largest absolute Gasteiger partial charge is 0.465 e. The Hall–Kier alpha value is -1.59. The minimum atomic E-state index is -0.670. The number of ether oxygens (including phenoxy) is 1. The third-order valence-corrected chi connectivity index (χ3v) is 2.29. The molecule has 1 amide bonds. The highest BCUT2D eigenvalue weighted by atomic mass is 35.5. The zero-order valence-corrected chi connectivity index (χ0v) is 10.2. The van der Waals surface area contributed by atoms with Gasteiger partial charge in [0.2, 0.25) is 5.91 Å². The van der Waals surface area contributed by atoms with E-state index < -0.39 is 17.9 Å². The molecule has 0 aliphatic carbocycles. The smallest absolute Gasteiger partial charge is 0.340 e. The van der Waals surface area contributed by atoms with Crippen LogP contribution in [0, 0.1) is 0 Å². The predicted molar refractivity (Wildman–Crippen MR) is 65.1 cm³/mol. The van der Waals surface area contributed by atoms with Crippen molar-refractivity contribution in [3.05, 3.63) is 28.8 Å². The molecule has 0 radical (unpaired) electrons. The molecule has 0 unspecified atom stereocenters. The van der Waals surface area contributed by atoms with E-state index >= 15 is 0 Å². The molecule has 0 aliphatic rings. The van der Waals surface area contributed by atoms with E-state index in [1.807, 2.05) is 0 Å². The third kappa shape index (κ3) is 3.44. The number of hydrogen-bond acceptors (Lipinski definition) is 4. The van der Waals surface area contributed by atoms with Crippen LogP contribution >= 0.6 is 11.6 Å². The Balaban J connectivity index is 3.06. The molecule has 0 heterocycles. The number of carbonyl (C=O) groups is 2. The number of methoxy groups -OCH3 is 1. The molecule has 3 N–H and O–H groups in total. The maximum Gasteiger partial charge on any atom is 0.340 e. The van der Waals surface area contributed by atoms with E-state index in [0.29, 0.717) is 10.7 Å². The highest BCUT2D eigenvalue weighted by molar-refractivity contribution is 6.31. The van der Waals surface area contributed by atoms with Gasteiger partial charge in [-0.25, -0.2) is 4.79 Å². The Morgan fingerprint density at radius 3 is 2.65 bits per heavy atom. The van der Waals surface area contributed by atoms with Gasteiger partial charge >= 0.3 is 5.97 Å². The average molecular weight is 257 g/mol. The van der Waals surface area contributed by atoms with Gasteiger partial charge in [-0.3, -0.25) is 4.79 Å². The lowest BCUT2D eigenvalue weighted by Gasteiger charge is -2.11. The summed E-state index contributed by atoms with van der Waals surface area (Å²) in [4.78, 5) is 22.9. The molecule has 1 rings (SSSR count). The first-order valence-corrected chi connectivity index (χ1v) is 5.27. The summed E-state index contributed by atoms with van der Waals surface area (Å²) >= 11 is 5.77. The average Bonchev–Trinajstić information content (AvgIpc) is 2.30. The van der Waals surface area contributed by atoms with Gasteiger partial charge in [0.1, 0.15) is 0 Å². The SMILES string of the molecule is COC(=O)c1cc(Cl)ccc1NC(=O)[C@@H](C)N. The van der Waals surface area contributed by atoms with Crippen LogP contribution in [-0.2, 0) is 9.53 Å². The molecule has 0 fully saturated rings. The maximum atomic E-state index is 11.5. The van der Waals surface area contributed by atoms with E-state index in [-0.39, 0.29) is 5.56 Å². The van der Waals surface area contributed by atoms with E-state index in [2.05, 4.69) is 10.1 Å². The van der Waals surface area contributed by atoms with Crippen molar-refractivity contribution in [3.8, 4) is 0 Å². The molecule has 92 valence electrons. The Morgan fingerprint density at radius 2 is 2.12 bits per heavy atom. The number of benzene rings is 1. The van der Waals surface area contributed by atoms with Gasteiger partial charge in [0.05, 0.1) is 24.4 Å². The van der Waals surface area contributed by atoms with Gasteiger partial charge in [0.25, 0.3) is 0 Å². The molecule has 0 aromatic heterocycles. The number of carbonyl (C=O) groups excluding carboxylic acids is 2. The minimum absolute atomic E-state index is 0.189. The number of rotatable bonds is 3. The van der Waals surface area contributed by atoms with Crippen LogP contribution in [0.25, 0.3) is 0 Å². The third-order valence-electron chi connectivity index (χ3n) is 2.06. The Labute approximate surface area is 104 Å². The number of esters is 1. The van der Waals surface area contributed by atoms with Crippen LogP contribution < -0.4 is 11.1 Å². The highest BCUT2D eigenvalue weighted by Crippen LogP contribution is 2.21. The van der Waals surface area contributed by atoms with Crippen molar-refractivity contribution in [2.75, 3.05) is 12.4 Å². The van der Waals surface area contributed by atoms with Crippen molar-refractivity contribution in [1.29, 1.82) is 0 Å². The van der Waals surface area contributed by atoms with E-state index in [1.54, 1.807) is 13.0 Å². The van der Waals surface area contributed by atoms with E-state index in [9.17, 15) is 9.59 Å². The molecule has 0 aliphatic heterocycles. The molecule has 5 nitrogen and oxygen atoms in total. The molecule has 0 spiro atoms. The Morgan fingerprint density at radius 1 is 1.47 bits per heavy atom. The molecule has 0 saturated carbocycles. The van der Waals surface area contributed by atoms with Crippen LogP contribution in [0.3, 0.4) is 0 Å². The van der Waals surface area contributed by atoms with E-state index in [0.717, 1.165) is 0 Å². The van der Waals surface area contributed by atoms with Crippen molar-refractivity contribution >= 4 is 29.2 Å². The second-order valence-corrected chi connectivity index (χ2v) is 3.90. The first kappa shape index (κ1) is 13.5. The topological polar surface area (TPSA) is 81.4 Å². The van der Waals surface area contributed by atoms with E-state index in [1.165, 1.54) is 19.2 Å². The number of nitrogens with one attached hydrogen (secondary N) is 1. The molecule has 1 aromatic carbocycles. The van der Waals surface area contributed by atoms with Crippen molar-refractivity contribution in [3.63, 3.8) is 0 Å². The second-order valence-electron chi connectivity index (χ2n) is 3.46. The van der Waals surface area contributed by atoms with Gasteiger partial charge in [-0.1, -0.05) is 11.6 Å². The quantitative estimate of drug-likeness (QED) is 0.802. The van der Waals surface area contributed by atoms with Gasteiger partial charge in [0.15, 0.2) is 0 Å². The van der Waals surface area contributed by atoms with Crippen LogP contribution in [0.5, 0.6) is 0 Å². The Bertz CT molecular complexity index is 446. The van der Waals surface area contributed by atoms with Crippen LogP contribution in [0.4, 0.5) is 5.69 Å². The van der Waals surface area contributed by atoms with Crippen molar-refractivity contribution in [1.82, 2.24) is 0 Å².